The number of aromatic hydroxyl groups is 1. The highest BCUT2D eigenvalue weighted by Crippen LogP contribution is 2.19. The van der Waals surface area contributed by atoms with Gasteiger partial charge in [-0.15, -0.1) is 0 Å². The van der Waals surface area contributed by atoms with E-state index in [1.807, 2.05) is 18.2 Å². The number of pyridine rings is 1. The number of anilines is 1. The van der Waals surface area contributed by atoms with Crippen LogP contribution in [0.15, 0.2) is 42.6 Å². The Hall–Kier alpha value is -2.56. The maximum atomic E-state index is 12.0. The van der Waals surface area contributed by atoms with E-state index >= 15 is 0 Å². The molecule has 0 unspecified atom stereocenters. The van der Waals surface area contributed by atoms with Crippen LogP contribution in [0, 0.1) is 0 Å². The number of aryl methyl sites for hydroxylation is 1. The Morgan fingerprint density at radius 1 is 1.21 bits per heavy atom. The third kappa shape index (κ3) is 4.25. The van der Waals surface area contributed by atoms with E-state index in [4.69, 9.17) is 0 Å². The fraction of sp³-hybridized carbons (Fsp3) is 0.368. The average molecular weight is 325 g/mol. The molecule has 0 bridgehead atoms. The largest absolute Gasteiger partial charge is 0.508 e. The number of carbonyl (C=O) groups excluding carboxylic acids is 1. The molecule has 1 aliphatic heterocycles. The number of phenols is 1. The topological polar surface area (TPSA) is 65.5 Å². The lowest BCUT2D eigenvalue weighted by molar-refractivity contribution is -0.121. The monoisotopic (exact) mass is 325 g/mol. The molecule has 1 amide bonds. The van der Waals surface area contributed by atoms with Gasteiger partial charge in [-0.3, -0.25) is 4.79 Å². The molecule has 3 rings (SSSR count). The van der Waals surface area contributed by atoms with Gasteiger partial charge in [-0.1, -0.05) is 18.2 Å². The maximum Gasteiger partial charge on any atom is 0.220 e. The van der Waals surface area contributed by atoms with E-state index in [1.165, 1.54) is 12.8 Å². The van der Waals surface area contributed by atoms with E-state index in [0.29, 0.717) is 19.4 Å². The first-order chi connectivity index (χ1) is 11.7. The third-order valence-corrected chi connectivity index (χ3v) is 4.34. The number of nitrogens with one attached hydrogen (secondary N) is 1. The molecule has 1 aliphatic rings. The third-order valence-electron chi connectivity index (χ3n) is 4.34. The van der Waals surface area contributed by atoms with Crippen LogP contribution in [0.1, 0.15) is 30.4 Å². The van der Waals surface area contributed by atoms with Crippen molar-refractivity contribution in [3.8, 4) is 5.75 Å². The van der Waals surface area contributed by atoms with Crippen LogP contribution in [0.3, 0.4) is 0 Å². The van der Waals surface area contributed by atoms with Crippen molar-refractivity contribution in [3.63, 3.8) is 0 Å². The molecule has 5 heteroatoms. The number of hydrogen-bond donors (Lipinski definition) is 2. The molecule has 1 fully saturated rings. The van der Waals surface area contributed by atoms with Crippen molar-refractivity contribution < 1.29 is 9.90 Å². The summed E-state index contributed by atoms with van der Waals surface area (Å²) in [4.78, 5) is 18.7. The van der Waals surface area contributed by atoms with Gasteiger partial charge >= 0.3 is 0 Å². The van der Waals surface area contributed by atoms with Gasteiger partial charge in [-0.25, -0.2) is 4.98 Å². The number of phenolic OH excluding ortho intramolecular Hbond substituents is 1. The predicted molar refractivity (Wildman–Crippen MR) is 94.0 cm³/mol. The van der Waals surface area contributed by atoms with Crippen LogP contribution in [-0.2, 0) is 17.8 Å². The van der Waals surface area contributed by atoms with E-state index in [2.05, 4.69) is 21.3 Å². The minimum Gasteiger partial charge on any atom is -0.508 e. The summed E-state index contributed by atoms with van der Waals surface area (Å²) >= 11 is 0. The molecule has 2 aromatic rings. The fourth-order valence-corrected chi connectivity index (χ4v) is 2.95. The van der Waals surface area contributed by atoms with Crippen molar-refractivity contribution in [1.82, 2.24) is 10.3 Å². The number of hydrogen-bond acceptors (Lipinski definition) is 4. The van der Waals surface area contributed by atoms with Crippen molar-refractivity contribution in [2.75, 3.05) is 18.0 Å². The first-order valence-corrected chi connectivity index (χ1v) is 8.46. The van der Waals surface area contributed by atoms with Gasteiger partial charge in [0, 0.05) is 32.3 Å². The van der Waals surface area contributed by atoms with Gasteiger partial charge in [-0.05, 0) is 48.6 Å². The number of aromatic nitrogens is 1. The highest BCUT2D eigenvalue weighted by atomic mass is 16.3. The Morgan fingerprint density at radius 3 is 2.79 bits per heavy atom. The van der Waals surface area contributed by atoms with Gasteiger partial charge in [-0.2, -0.15) is 0 Å². The summed E-state index contributed by atoms with van der Waals surface area (Å²) in [5.74, 6) is 1.22. The van der Waals surface area contributed by atoms with Gasteiger partial charge in [0.25, 0.3) is 0 Å². The zero-order valence-corrected chi connectivity index (χ0v) is 13.7. The lowest BCUT2D eigenvalue weighted by Crippen LogP contribution is -2.24. The molecular weight excluding hydrogens is 302 g/mol. The van der Waals surface area contributed by atoms with E-state index in [9.17, 15) is 9.90 Å². The molecule has 126 valence electrons. The molecule has 1 aromatic carbocycles. The van der Waals surface area contributed by atoms with Crippen LogP contribution in [0.4, 0.5) is 5.82 Å². The van der Waals surface area contributed by atoms with Gasteiger partial charge in [0.15, 0.2) is 0 Å². The lowest BCUT2D eigenvalue weighted by Gasteiger charge is -2.17. The van der Waals surface area contributed by atoms with Crippen LogP contribution in [0.2, 0.25) is 0 Å². The van der Waals surface area contributed by atoms with Crippen LogP contribution in [-0.4, -0.2) is 29.1 Å². The van der Waals surface area contributed by atoms with Crippen LogP contribution >= 0.6 is 0 Å². The molecule has 1 aromatic heterocycles. The summed E-state index contributed by atoms with van der Waals surface area (Å²) in [6, 6.07) is 11.1. The van der Waals surface area contributed by atoms with E-state index in [1.54, 1.807) is 18.3 Å². The quantitative estimate of drug-likeness (QED) is 0.857. The molecule has 0 aliphatic carbocycles. The minimum absolute atomic E-state index is 0.0159. The molecule has 1 saturated heterocycles. The second-order valence-corrected chi connectivity index (χ2v) is 6.12. The Balaban J connectivity index is 1.49. The summed E-state index contributed by atoms with van der Waals surface area (Å²) in [5.41, 5.74) is 1.86. The first-order valence-electron chi connectivity index (χ1n) is 8.46. The Morgan fingerprint density at radius 2 is 2.00 bits per heavy atom. The lowest BCUT2D eigenvalue weighted by atomic mass is 10.1. The molecule has 24 heavy (non-hydrogen) atoms. The maximum absolute atomic E-state index is 12.0. The van der Waals surface area contributed by atoms with E-state index in [-0.39, 0.29) is 11.7 Å². The zero-order valence-electron chi connectivity index (χ0n) is 13.7. The van der Waals surface area contributed by atoms with E-state index < -0.39 is 0 Å². The molecular formula is C19H23N3O2. The van der Waals surface area contributed by atoms with Crippen molar-refractivity contribution in [3.05, 3.63) is 53.7 Å². The number of nitrogens with zero attached hydrogens (tertiary/aromatic N) is 2. The van der Waals surface area contributed by atoms with Gasteiger partial charge in [0.05, 0.1) is 0 Å². The summed E-state index contributed by atoms with van der Waals surface area (Å²) in [7, 11) is 0. The van der Waals surface area contributed by atoms with Crippen molar-refractivity contribution in [2.24, 2.45) is 0 Å². The summed E-state index contributed by atoms with van der Waals surface area (Å²) in [6.45, 7) is 2.62. The molecule has 2 N–H and O–H groups in total. The smallest absolute Gasteiger partial charge is 0.220 e. The number of benzene rings is 1. The second kappa shape index (κ2) is 7.81. The summed E-state index contributed by atoms with van der Waals surface area (Å²) in [5, 5.41) is 12.7. The number of amides is 1. The highest BCUT2D eigenvalue weighted by molar-refractivity contribution is 5.76. The average Bonchev–Trinajstić information content (AvgIpc) is 3.14. The van der Waals surface area contributed by atoms with Crippen molar-refractivity contribution >= 4 is 11.7 Å². The molecule has 0 atom stereocenters. The number of para-hydroxylation sites is 1. The van der Waals surface area contributed by atoms with Gasteiger partial charge in [0.1, 0.15) is 11.6 Å². The normalized spacial score (nSPS) is 13.9. The first kappa shape index (κ1) is 16.3. The predicted octanol–water partition coefficient (Wildman–Crippen LogP) is 2.64. The van der Waals surface area contributed by atoms with Crippen molar-refractivity contribution in [1.29, 1.82) is 0 Å². The van der Waals surface area contributed by atoms with Gasteiger partial charge in [0.2, 0.25) is 5.91 Å². The standard InChI is InChI=1S/C19H23N3O2/c23-17-6-2-1-5-16(17)7-8-19(24)21-14-15-9-10-20-18(13-15)22-11-3-4-12-22/h1-2,5-6,9-10,13,23H,3-4,7-8,11-12,14H2,(H,21,24). The molecule has 0 spiro atoms. The SMILES string of the molecule is O=C(CCc1ccccc1O)NCc1ccnc(N2CCCC2)c1. The molecule has 0 saturated carbocycles. The molecule has 5 nitrogen and oxygen atoms in total. The van der Waals surface area contributed by atoms with Gasteiger partial charge < -0.3 is 15.3 Å². The van der Waals surface area contributed by atoms with Crippen LogP contribution in [0.25, 0.3) is 0 Å². The molecule has 2 heterocycles. The zero-order chi connectivity index (χ0) is 16.8. The Kier molecular flexibility index (Phi) is 5.31. The van der Waals surface area contributed by atoms with E-state index in [0.717, 1.165) is 30.0 Å². The molecule has 0 radical (unpaired) electrons. The van der Waals surface area contributed by atoms with Crippen LogP contribution < -0.4 is 10.2 Å². The Labute approximate surface area is 142 Å². The fourth-order valence-electron chi connectivity index (χ4n) is 2.95. The minimum atomic E-state index is -0.0159. The van der Waals surface area contributed by atoms with Crippen LogP contribution in [0.5, 0.6) is 5.75 Å². The van der Waals surface area contributed by atoms with Crippen molar-refractivity contribution in [2.45, 2.75) is 32.2 Å². The second-order valence-electron chi connectivity index (χ2n) is 6.12. The number of carbonyl (C=O) groups is 1. The number of rotatable bonds is 6. The summed E-state index contributed by atoms with van der Waals surface area (Å²) in [6.07, 6.45) is 5.14. The Bertz CT molecular complexity index is 697. The highest BCUT2D eigenvalue weighted by Gasteiger charge is 2.13. The summed E-state index contributed by atoms with van der Waals surface area (Å²) < 4.78 is 0.